The molecule has 1 saturated heterocycles. The number of likely N-dealkylation sites (tertiary alicyclic amines) is 1. The van der Waals surface area contributed by atoms with Crippen molar-refractivity contribution < 1.29 is 13.6 Å². The van der Waals surface area contributed by atoms with E-state index in [0.29, 0.717) is 24.5 Å². The number of amides is 1. The van der Waals surface area contributed by atoms with Gasteiger partial charge in [-0.25, -0.2) is 9.37 Å². The van der Waals surface area contributed by atoms with Crippen LogP contribution in [0.3, 0.4) is 0 Å². The van der Waals surface area contributed by atoms with Crippen LogP contribution in [-0.4, -0.2) is 28.9 Å². The lowest BCUT2D eigenvalue weighted by atomic mass is 9.98. The number of hydrogen-bond donors (Lipinski definition) is 0. The van der Waals surface area contributed by atoms with Crippen LogP contribution in [0.5, 0.6) is 0 Å². The minimum Gasteiger partial charge on any atom is -0.440 e. The first-order valence-electron chi connectivity index (χ1n) is 8.78. The molecule has 1 atom stereocenters. The average Bonchev–Trinajstić information content (AvgIpc) is 3.11. The van der Waals surface area contributed by atoms with E-state index in [1.807, 2.05) is 24.3 Å². The molecule has 3 aromatic rings. The molecule has 4 nitrogen and oxygen atoms in total. The smallest absolute Gasteiger partial charge is 0.246 e. The quantitative estimate of drug-likeness (QED) is 0.658. The molecule has 1 amide bonds. The van der Waals surface area contributed by atoms with Gasteiger partial charge in [-0.2, -0.15) is 0 Å². The number of carbonyl (C=O) groups is 1. The summed E-state index contributed by atoms with van der Waals surface area (Å²) >= 11 is 0. The Bertz CT molecular complexity index is 930. The second-order valence-corrected chi connectivity index (χ2v) is 6.50. The lowest BCUT2D eigenvalue weighted by molar-refractivity contribution is -0.127. The topological polar surface area (TPSA) is 46.3 Å². The van der Waals surface area contributed by atoms with Gasteiger partial charge in [0.1, 0.15) is 11.3 Å². The number of hydrogen-bond acceptors (Lipinski definition) is 3. The first-order chi connectivity index (χ1) is 12.7. The largest absolute Gasteiger partial charge is 0.440 e. The van der Waals surface area contributed by atoms with Gasteiger partial charge in [0.15, 0.2) is 11.5 Å². The molecule has 0 radical (unpaired) electrons. The third-order valence-electron chi connectivity index (χ3n) is 4.70. The van der Waals surface area contributed by atoms with E-state index in [1.54, 1.807) is 23.1 Å². The molecule has 2 heterocycles. The molecule has 0 saturated carbocycles. The summed E-state index contributed by atoms with van der Waals surface area (Å²) in [6, 6.07) is 14.1. The second kappa shape index (κ2) is 7.12. The lowest BCUT2D eigenvalue weighted by Gasteiger charge is -2.30. The standard InChI is InChI=1S/C21H19FN2O2/c22-17-8-2-1-6-15(17)11-12-20(25)24-13-5-7-16(14-24)21-23-18-9-3-4-10-19(18)26-21/h1-4,6,8-12,16H,5,7,13-14H2/b12-11+/t16-/m0/s1. The van der Waals surface area contributed by atoms with Gasteiger partial charge in [-0.05, 0) is 37.1 Å². The summed E-state index contributed by atoms with van der Waals surface area (Å²) in [5.41, 5.74) is 2.02. The van der Waals surface area contributed by atoms with Crippen molar-refractivity contribution in [2.45, 2.75) is 18.8 Å². The van der Waals surface area contributed by atoms with Crippen LogP contribution >= 0.6 is 0 Å². The number of benzene rings is 2. The molecule has 0 unspecified atom stereocenters. The monoisotopic (exact) mass is 350 g/mol. The Morgan fingerprint density at radius 1 is 1.19 bits per heavy atom. The molecule has 1 aromatic heterocycles. The Balaban J connectivity index is 1.47. The fraction of sp³-hybridized carbons (Fsp3) is 0.238. The Labute approximate surface area is 150 Å². The van der Waals surface area contributed by atoms with E-state index in [1.165, 1.54) is 18.2 Å². The van der Waals surface area contributed by atoms with Gasteiger partial charge in [-0.3, -0.25) is 4.79 Å². The SMILES string of the molecule is O=C(/C=C/c1ccccc1F)N1CCC[C@H](c2nc3ccccc3o2)C1. The van der Waals surface area contributed by atoms with Crippen LogP contribution in [0.25, 0.3) is 17.2 Å². The van der Waals surface area contributed by atoms with Crippen molar-refractivity contribution in [3.63, 3.8) is 0 Å². The van der Waals surface area contributed by atoms with Crippen LogP contribution in [0, 0.1) is 5.82 Å². The van der Waals surface area contributed by atoms with Gasteiger partial charge in [0.25, 0.3) is 0 Å². The molecule has 1 fully saturated rings. The van der Waals surface area contributed by atoms with Crippen LogP contribution in [0.15, 0.2) is 59.0 Å². The van der Waals surface area contributed by atoms with Crippen molar-refractivity contribution in [1.29, 1.82) is 0 Å². The third-order valence-corrected chi connectivity index (χ3v) is 4.70. The van der Waals surface area contributed by atoms with Gasteiger partial charge in [0.05, 0.1) is 5.92 Å². The number of piperidine rings is 1. The molecular weight excluding hydrogens is 331 g/mol. The van der Waals surface area contributed by atoms with Gasteiger partial charge >= 0.3 is 0 Å². The van der Waals surface area contributed by atoms with Crippen molar-refractivity contribution in [3.05, 3.63) is 71.9 Å². The normalized spacial score (nSPS) is 17.9. The van der Waals surface area contributed by atoms with Gasteiger partial charge in [0.2, 0.25) is 5.91 Å². The summed E-state index contributed by atoms with van der Waals surface area (Å²) in [6.07, 6.45) is 4.80. The zero-order valence-corrected chi connectivity index (χ0v) is 14.3. The molecule has 0 bridgehead atoms. The van der Waals surface area contributed by atoms with Gasteiger partial charge in [0, 0.05) is 24.7 Å². The number of aromatic nitrogens is 1. The fourth-order valence-electron chi connectivity index (χ4n) is 3.32. The van der Waals surface area contributed by atoms with Crippen molar-refractivity contribution in [2.24, 2.45) is 0 Å². The van der Waals surface area contributed by atoms with Crippen molar-refractivity contribution in [2.75, 3.05) is 13.1 Å². The maximum Gasteiger partial charge on any atom is 0.246 e. The van der Waals surface area contributed by atoms with E-state index in [-0.39, 0.29) is 17.6 Å². The summed E-state index contributed by atoms with van der Waals surface area (Å²) in [5.74, 6) is 0.317. The van der Waals surface area contributed by atoms with Crippen LogP contribution in [0.1, 0.15) is 30.2 Å². The maximum absolute atomic E-state index is 13.7. The van der Waals surface area contributed by atoms with Crippen LogP contribution in [0.2, 0.25) is 0 Å². The molecule has 0 aliphatic carbocycles. The van der Waals surface area contributed by atoms with E-state index in [2.05, 4.69) is 4.98 Å². The Kier molecular flexibility index (Phi) is 4.52. The molecule has 2 aromatic carbocycles. The number of rotatable bonds is 3. The highest BCUT2D eigenvalue weighted by molar-refractivity contribution is 5.91. The molecule has 0 N–H and O–H groups in total. The van der Waals surface area contributed by atoms with Crippen molar-refractivity contribution in [1.82, 2.24) is 9.88 Å². The second-order valence-electron chi connectivity index (χ2n) is 6.50. The molecule has 132 valence electrons. The third kappa shape index (κ3) is 3.38. The number of oxazole rings is 1. The molecule has 26 heavy (non-hydrogen) atoms. The van der Waals surface area contributed by atoms with E-state index >= 15 is 0 Å². The first-order valence-corrected chi connectivity index (χ1v) is 8.78. The predicted molar refractivity (Wildman–Crippen MR) is 98.0 cm³/mol. The summed E-state index contributed by atoms with van der Waals surface area (Å²) in [5, 5.41) is 0. The van der Waals surface area contributed by atoms with Gasteiger partial charge < -0.3 is 9.32 Å². The van der Waals surface area contributed by atoms with Crippen LogP contribution in [-0.2, 0) is 4.79 Å². The highest BCUT2D eigenvalue weighted by Crippen LogP contribution is 2.29. The molecule has 4 rings (SSSR count). The number of halogens is 1. The Morgan fingerprint density at radius 2 is 2.00 bits per heavy atom. The number of para-hydroxylation sites is 2. The lowest BCUT2D eigenvalue weighted by Crippen LogP contribution is -2.38. The van der Waals surface area contributed by atoms with E-state index < -0.39 is 0 Å². The highest BCUT2D eigenvalue weighted by Gasteiger charge is 2.27. The minimum absolute atomic E-state index is 0.0851. The number of carbonyl (C=O) groups excluding carboxylic acids is 1. The predicted octanol–water partition coefficient (Wildman–Crippen LogP) is 4.39. The van der Waals surface area contributed by atoms with E-state index in [9.17, 15) is 9.18 Å². The summed E-state index contributed by atoms with van der Waals surface area (Å²) in [7, 11) is 0. The van der Waals surface area contributed by atoms with E-state index in [4.69, 9.17) is 4.42 Å². The number of nitrogens with zero attached hydrogens (tertiary/aromatic N) is 2. The first kappa shape index (κ1) is 16.5. The Morgan fingerprint density at radius 3 is 2.85 bits per heavy atom. The fourth-order valence-corrected chi connectivity index (χ4v) is 3.32. The van der Waals surface area contributed by atoms with E-state index in [0.717, 1.165) is 23.9 Å². The zero-order chi connectivity index (χ0) is 17.9. The average molecular weight is 350 g/mol. The zero-order valence-electron chi connectivity index (χ0n) is 14.3. The maximum atomic E-state index is 13.7. The Hall–Kier alpha value is -2.95. The number of fused-ring (bicyclic) bond motifs is 1. The summed E-state index contributed by atoms with van der Waals surface area (Å²) < 4.78 is 19.5. The van der Waals surface area contributed by atoms with Crippen LogP contribution < -0.4 is 0 Å². The minimum atomic E-state index is -0.334. The van der Waals surface area contributed by atoms with Crippen molar-refractivity contribution >= 4 is 23.1 Å². The molecule has 5 heteroatoms. The van der Waals surface area contributed by atoms with Crippen molar-refractivity contribution in [3.8, 4) is 0 Å². The summed E-state index contributed by atoms with van der Waals surface area (Å²) in [4.78, 5) is 18.8. The molecule has 1 aliphatic rings. The highest BCUT2D eigenvalue weighted by atomic mass is 19.1. The molecule has 1 aliphatic heterocycles. The van der Waals surface area contributed by atoms with Crippen LogP contribution in [0.4, 0.5) is 4.39 Å². The molecular formula is C21H19FN2O2. The van der Waals surface area contributed by atoms with Gasteiger partial charge in [-0.1, -0.05) is 30.3 Å². The van der Waals surface area contributed by atoms with Gasteiger partial charge in [-0.15, -0.1) is 0 Å². The summed E-state index contributed by atoms with van der Waals surface area (Å²) in [6.45, 7) is 1.25. The molecule has 0 spiro atoms.